The van der Waals surface area contributed by atoms with Gasteiger partial charge in [-0.15, -0.1) is 13.2 Å². The number of ether oxygens (including phenoxy) is 1. The van der Waals surface area contributed by atoms with Gasteiger partial charge in [-0.05, 0) is 32.4 Å². The van der Waals surface area contributed by atoms with Crippen LogP contribution >= 0.6 is 0 Å². The van der Waals surface area contributed by atoms with Gasteiger partial charge in [0.05, 0.1) is 0 Å². The Morgan fingerprint density at radius 3 is 2.44 bits per heavy atom. The van der Waals surface area contributed by atoms with Crippen LogP contribution in [0.3, 0.4) is 0 Å². The molecule has 0 aliphatic rings. The van der Waals surface area contributed by atoms with Gasteiger partial charge in [-0.2, -0.15) is 0 Å². The maximum Gasteiger partial charge on any atom is 0.573 e. The minimum absolute atomic E-state index is 0.161. The molecule has 0 amide bonds. The molecule has 0 bridgehead atoms. The zero-order valence-corrected chi connectivity index (χ0v) is 10.8. The first-order valence-electron chi connectivity index (χ1n) is 5.86. The standard InChI is InChI=1S/C13H18F3NO/c1-4-8-12(2,3)17-10-6-5-7-11(9-10)18-13(14,15)16/h5-7,9,17H,4,8H2,1-3H3. The van der Waals surface area contributed by atoms with E-state index in [4.69, 9.17) is 0 Å². The Labute approximate surface area is 105 Å². The molecule has 2 nitrogen and oxygen atoms in total. The maximum absolute atomic E-state index is 12.1. The fourth-order valence-electron chi connectivity index (χ4n) is 1.85. The van der Waals surface area contributed by atoms with Gasteiger partial charge >= 0.3 is 6.36 Å². The van der Waals surface area contributed by atoms with E-state index in [1.54, 1.807) is 6.07 Å². The van der Waals surface area contributed by atoms with Crippen molar-refractivity contribution in [2.45, 2.75) is 45.5 Å². The van der Waals surface area contributed by atoms with E-state index in [0.29, 0.717) is 5.69 Å². The minimum atomic E-state index is -4.66. The predicted octanol–water partition coefficient (Wildman–Crippen LogP) is 4.58. The number of hydrogen-bond acceptors (Lipinski definition) is 2. The van der Waals surface area contributed by atoms with Crippen molar-refractivity contribution in [1.29, 1.82) is 0 Å². The largest absolute Gasteiger partial charge is 0.573 e. The summed E-state index contributed by atoms with van der Waals surface area (Å²) in [6.07, 6.45) is -2.73. The zero-order chi connectivity index (χ0) is 13.8. The van der Waals surface area contributed by atoms with Gasteiger partial charge in [-0.25, -0.2) is 0 Å². The van der Waals surface area contributed by atoms with Crippen molar-refractivity contribution >= 4 is 5.69 Å². The molecule has 0 unspecified atom stereocenters. The molecule has 0 radical (unpaired) electrons. The maximum atomic E-state index is 12.1. The second-order valence-corrected chi connectivity index (χ2v) is 4.83. The van der Waals surface area contributed by atoms with Crippen molar-refractivity contribution < 1.29 is 17.9 Å². The van der Waals surface area contributed by atoms with Crippen LogP contribution in [0.5, 0.6) is 5.75 Å². The Morgan fingerprint density at radius 2 is 1.89 bits per heavy atom. The molecule has 18 heavy (non-hydrogen) atoms. The Hall–Kier alpha value is -1.39. The fourth-order valence-corrected chi connectivity index (χ4v) is 1.85. The lowest BCUT2D eigenvalue weighted by atomic mass is 9.98. The third-order valence-electron chi connectivity index (χ3n) is 2.43. The second-order valence-electron chi connectivity index (χ2n) is 4.83. The van der Waals surface area contributed by atoms with Gasteiger partial charge in [0.1, 0.15) is 5.75 Å². The molecule has 102 valence electrons. The SMILES string of the molecule is CCCC(C)(C)Nc1cccc(OC(F)(F)F)c1. The Bertz CT molecular complexity index is 388. The summed E-state index contributed by atoms with van der Waals surface area (Å²) < 4.78 is 40.1. The summed E-state index contributed by atoms with van der Waals surface area (Å²) in [7, 11) is 0. The van der Waals surface area contributed by atoms with Crippen LogP contribution in [0.4, 0.5) is 18.9 Å². The van der Waals surface area contributed by atoms with E-state index in [-0.39, 0.29) is 11.3 Å². The number of rotatable bonds is 5. The molecule has 0 heterocycles. The molecule has 0 spiro atoms. The average molecular weight is 261 g/mol. The van der Waals surface area contributed by atoms with Gasteiger partial charge < -0.3 is 10.1 Å². The molecule has 0 saturated heterocycles. The first kappa shape index (κ1) is 14.7. The molecule has 1 N–H and O–H groups in total. The molecular weight excluding hydrogens is 243 g/mol. The number of hydrogen-bond donors (Lipinski definition) is 1. The second kappa shape index (κ2) is 5.50. The Morgan fingerprint density at radius 1 is 1.22 bits per heavy atom. The van der Waals surface area contributed by atoms with Gasteiger partial charge in [0.2, 0.25) is 0 Å². The summed E-state index contributed by atoms with van der Waals surface area (Å²) in [5.74, 6) is -0.209. The monoisotopic (exact) mass is 261 g/mol. The van der Waals surface area contributed by atoms with Crippen LogP contribution in [-0.2, 0) is 0 Å². The van der Waals surface area contributed by atoms with Gasteiger partial charge in [0, 0.05) is 17.3 Å². The zero-order valence-electron chi connectivity index (χ0n) is 10.8. The molecular formula is C13H18F3NO. The smallest absolute Gasteiger partial charge is 0.406 e. The van der Waals surface area contributed by atoms with E-state index in [1.165, 1.54) is 18.2 Å². The molecule has 0 aliphatic heterocycles. The molecule has 1 aromatic rings. The summed E-state index contributed by atoms with van der Waals surface area (Å²) in [6, 6.07) is 5.89. The van der Waals surface area contributed by atoms with Crippen LogP contribution in [0.25, 0.3) is 0 Å². The number of halogens is 3. The van der Waals surface area contributed by atoms with Gasteiger partial charge in [-0.3, -0.25) is 0 Å². The molecule has 0 atom stereocenters. The summed E-state index contributed by atoms with van der Waals surface area (Å²) >= 11 is 0. The van der Waals surface area contributed by atoms with Crippen LogP contribution in [0.15, 0.2) is 24.3 Å². The summed E-state index contributed by atoms with van der Waals surface area (Å²) in [5.41, 5.74) is 0.459. The predicted molar refractivity (Wildman–Crippen MR) is 65.7 cm³/mol. The first-order valence-corrected chi connectivity index (χ1v) is 5.86. The highest BCUT2D eigenvalue weighted by molar-refractivity contribution is 5.49. The van der Waals surface area contributed by atoms with E-state index in [1.807, 2.05) is 13.8 Å². The van der Waals surface area contributed by atoms with Crippen LogP contribution in [0.1, 0.15) is 33.6 Å². The topological polar surface area (TPSA) is 21.3 Å². The minimum Gasteiger partial charge on any atom is -0.406 e. The highest BCUT2D eigenvalue weighted by Crippen LogP contribution is 2.27. The van der Waals surface area contributed by atoms with Crippen LogP contribution in [-0.4, -0.2) is 11.9 Å². The van der Waals surface area contributed by atoms with E-state index in [0.717, 1.165) is 12.8 Å². The van der Waals surface area contributed by atoms with E-state index in [2.05, 4.69) is 17.0 Å². The van der Waals surface area contributed by atoms with Crippen molar-refractivity contribution in [3.8, 4) is 5.75 Å². The third kappa shape index (κ3) is 5.29. The van der Waals surface area contributed by atoms with Gasteiger partial charge in [-0.1, -0.05) is 19.4 Å². The van der Waals surface area contributed by atoms with E-state index >= 15 is 0 Å². The lowest BCUT2D eigenvalue weighted by molar-refractivity contribution is -0.274. The highest BCUT2D eigenvalue weighted by Gasteiger charge is 2.31. The third-order valence-corrected chi connectivity index (χ3v) is 2.43. The van der Waals surface area contributed by atoms with Crippen molar-refractivity contribution in [1.82, 2.24) is 0 Å². The molecule has 5 heteroatoms. The highest BCUT2D eigenvalue weighted by atomic mass is 19.4. The van der Waals surface area contributed by atoms with Crippen molar-refractivity contribution in [3.63, 3.8) is 0 Å². The molecule has 1 rings (SSSR count). The number of nitrogens with one attached hydrogen (secondary N) is 1. The summed E-state index contributed by atoms with van der Waals surface area (Å²) in [4.78, 5) is 0. The Balaban J connectivity index is 2.76. The lowest BCUT2D eigenvalue weighted by Crippen LogP contribution is -2.30. The number of anilines is 1. The normalized spacial score (nSPS) is 12.3. The van der Waals surface area contributed by atoms with Crippen molar-refractivity contribution in [2.24, 2.45) is 0 Å². The molecule has 0 saturated carbocycles. The quantitative estimate of drug-likeness (QED) is 0.837. The van der Waals surface area contributed by atoms with Crippen molar-refractivity contribution in [3.05, 3.63) is 24.3 Å². The molecule has 0 aromatic heterocycles. The lowest BCUT2D eigenvalue weighted by Gasteiger charge is -2.27. The van der Waals surface area contributed by atoms with E-state index < -0.39 is 6.36 Å². The number of alkyl halides is 3. The van der Waals surface area contributed by atoms with Crippen LogP contribution in [0, 0.1) is 0 Å². The fraction of sp³-hybridized carbons (Fsp3) is 0.538. The van der Waals surface area contributed by atoms with Crippen LogP contribution < -0.4 is 10.1 Å². The summed E-state index contributed by atoms with van der Waals surface area (Å²) in [6.45, 7) is 6.08. The van der Waals surface area contributed by atoms with Gasteiger partial charge in [0.15, 0.2) is 0 Å². The molecule has 1 aromatic carbocycles. The number of benzene rings is 1. The molecule has 0 aliphatic carbocycles. The average Bonchev–Trinajstić information content (AvgIpc) is 2.13. The summed E-state index contributed by atoms with van der Waals surface area (Å²) in [5, 5.41) is 3.20. The molecule has 0 fully saturated rings. The van der Waals surface area contributed by atoms with Gasteiger partial charge in [0.25, 0.3) is 0 Å². The van der Waals surface area contributed by atoms with Crippen LogP contribution in [0.2, 0.25) is 0 Å². The van der Waals surface area contributed by atoms with E-state index in [9.17, 15) is 13.2 Å². The first-order chi connectivity index (χ1) is 8.22. The Kier molecular flexibility index (Phi) is 4.48. The van der Waals surface area contributed by atoms with Crippen molar-refractivity contribution in [2.75, 3.05) is 5.32 Å².